The molecule has 5 atom stereocenters. The molecular formula is C77H140O17P2. The number of rotatable bonds is 73. The highest BCUT2D eigenvalue weighted by atomic mass is 31.2. The van der Waals surface area contributed by atoms with Crippen molar-refractivity contribution in [1.82, 2.24) is 0 Å². The standard InChI is InChI=1S/C77H140O17P2/c1-5-9-13-17-21-25-29-32-34-35-37-39-43-46-50-54-58-62-75(80)88-68-73(94-77(82)64-60-56-52-48-44-40-36-33-30-26-22-18-14-10-6-2)70-92-96(85,86)90-66-71(78)65-89-95(83,84)91-69-72(93-76(81)63-59-55-51-47-41-28-24-20-16-12-8-4)67-87-74(79)61-57-53-49-45-42-38-31-27-23-19-15-11-7-3/h9,13,21,25,32,34,37,39,46,50,71-73,78H,5-8,10-12,14-20,22-24,26-31,33,35-36,38,40-45,47-49,51-70H2,1-4H3,(H,83,84)(H,85,86)/b13-9-,25-21-,34-32-,39-37-,50-46-. The highest BCUT2D eigenvalue weighted by Gasteiger charge is 2.30. The molecule has 0 fully saturated rings. The van der Waals surface area contributed by atoms with Gasteiger partial charge in [0.15, 0.2) is 12.2 Å². The quantitative estimate of drug-likeness (QED) is 0.0169. The molecule has 0 radical (unpaired) electrons. The van der Waals surface area contributed by atoms with Crippen LogP contribution in [0, 0.1) is 0 Å². The highest BCUT2D eigenvalue weighted by molar-refractivity contribution is 7.47. The molecule has 0 rings (SSSR count). The van der Waals surface area contributed by atoms with Crippen molar-refractivity contribution >= 4 is 39.5 Å². The molecule has 0 amide bonds. The third-order valence-corrected chi connectivity index (χ3v) is 18.4. The van der Waals surface area contributed by atoms with Gasteiger partial charge in [0.05, 0.1) is 26.4 Å². The molecule has 0 bridgehead atoms. The van der Waals surface area contributed by atoms with Crippen molar-refractivity contribution < 1.29 is 80.2 Å². The number of hydrogen-bond acceptors (Lipinski definition) is 15. The Morgan fingerprint density at radius 2 is 0.542 bits per heavy atom. The first-order valence-electron chi connectivity index (χ1n) is 38.5. The Kier molecular flexibility index (Phi) is 67.8. The SMILES string of the molecule is CC/C=C\C/C=C\C/C=C\C/C=C\C/C=C\CCCC(=O)OCC(COP(=O)(O)OCC(O)COP(=O)(O)OCC(COC(=O)CCCCCCCCCCCCCCC)OC(=O)CCCCCCCCCCCCC)OC(=O)CCCCCCCCCCCCCCCCC. The molecular weight excluding hydrogens is 1260 g/mol. The number of allylic oxidation sites excluding steroid dienone is 10. The number of phosphoric ester groups is 2. The topological polar surface area (TPSA) is 237 Å². The van der Waals surface area contributed by atoms with Crippen LogP contribution in [-0.4, -0.2) is 96.7 Å². The first-order chi connectivity index (χ1) is 46.7. The van der Waals surface area contributed by atoms with Crippen molar-refractivity contribution in [3.8, 4) is 0 Å². The summed E-state index contributed by atoms with van der Waals surface area (Å²) in [6.45, 7) is 4.75. The normalized spacial score (nSPS) is 14.3. The number of phosphoric acid groups is 2. The van der Waals surface area contributed by atoms with Crippen molar-refractivity contribution in [3.05, 3.63) is 60.8 Å². The zero-order chi connectivity index (χ0) is 70.4. The first kappa shape index (κ1) is 92.8. The molecule has 0 aromatic heterocycles. The number of unbranched alkanes of at least 4 members (excludes halogenated alkanes) is 37. The predicted octanol–water partition coefficient (Wildman–Crippen LogP) is 21.9. The number of carbonyl (C=O) groups is 4. The summed E-state index contributed by atoms with van der Waals surface area (Å²) in [6, 6.07) is 0. The maximum absolute atomic E-state index is 13.1. The Morgan fingerprint density at radius 1 is 0.302 bits per heavy atom. The van der Waals surface area contributed by atoms with Gasteiger partial charge in [0.1, 0.15) is 19.3 Å². The highest BCUT2D eigenvalue weighted by Crippen LogP contribution is 2.45. The minimum atomic E-state index is -4.98. The minimum Gasteiger partial charge on any atom is -0.462 e. The van der Waals surface area contributed by atoms with Crippen LogP contribution >= 0.6 is 15.6 Å². The van der Waals surface area contributed by atoms with Gasteiger partial charge in [-0.25, -0.2) is 9.13 Å². The lowest BCUT2D eigenvalue weighted by Crippen LogP contribution is -2.30. The van der Waals surface area contributed by atoms with Gasteiger partial charge in [0.2, 0.25) is 0 Å². The molecule has 0 heterocycles. The van der Waals surface area contributed by atoms with Crippen molar-refractivity contribution in [2.45, 2.75) is 367 Å². The third kappa shape index (κ3) is 69.2. The van der Waals surface area contributed by atoms with Gasteiger partial charge in [0.25, 0.3) is 0 Å². The molecule has 3 N–H and O–H groups in total. The number of esters is 4. The van der Waals surface area contributed by atoms with Crippen LogP contribution < -0.4 is 0 Å². The second kappa shape index (κ2) is 70.2. The lowest BCUT2D eigenvalue weighted by atomic mass is 10.0. The fraction of sp³-hybridized carbons (Fsp3) is 0.818. The molecule has 19 heteroatoms. The molecule has 96 heavy (non-hydrogen) atoms. The molecule has 0 saturated carbocycles. The molecule has 560 valence electrons. The van der Waals surface area contributed by atoms with Crippen LogP contribution in [0.4, 0.5) is 0 Å². The van der Waals surface area contributed by atoms with E-state index in [2.05, 4.69) is 76.3 Å². The van der Waals surface area contributed by atoms with Gasteiger partial charge in [0, 0.05) is 25.7 Å². The zero-order valence-corrected chi connectivity index (χ0v) is 62.8. The summed E-state index contributed by atoms with van der Waals surface area (Å²) in [4.78, 5) is 72.8. The molecule has 0 aromatic rings. The summed E-state index contributed by atoms with van der Waals surface area (Å²) in [7, 11) is -9.94. The van der Waals surface area contributed by atoms with E-state index in [1.165, 1.54) is 161 Å². The Bertz CT molecular complexity index is 2060. The molecule has 0 aliphatic rings. The minimum absolute atomic E-state index is 0.0882. The molecule has 0 spiro atoms. The van der Waals surface area contributed by atoms with Crippen molar-refractivity contribution in [2.24, 2.45) is 0 Å². The van der Waals surface area contributed by atoms with E-state index in [9.17, 15) is 43.2 Å². The second-order valence-electron chi connectivity index (χ2n) is 25.9. The lowest BCUT2D eigenvalue weighted by Gasteiger charge is -2.21. The Labute approximate surface area is 584 Å². The number of ether oxygens (including phenoxy) is 4. The van der Waals surface area contributed by atoms with Crippen LogP contribution in [-0.2, 0) is 65.4 Å². The van der Waals surface area contributed by atoms with E-state index in [0.717, 1.165) is 103 Å². The predicted molar refractivity (Wildman–Crippen MR) is 390 cm³/mol. The fourth-order valence-corrected chi connectivity index (χ4v) is 12.2. The first-order valence-corrected chi connectivity index (χ1v) is 41.5. The average Bonchev–Trinajstić information content (AvgIpc) is 2.18. The monoisotopic (exact) mass is 1400 g/mol. The van der Waals surface area contributed by atoms with E-state index in [0.29, 0.717) is 32.1 Å². The van der Waals surface area contributed by atoms with Gasteiger partial charge in [-0.3, -0.25) is 37.3 Å². The molecule has 0 aliphatic carbocycles. The van der Waals surface area contributed by atoms with Gasteiger partial charge in [-0.05, 0) is 64.2 Å². The molecule has 0 saturated heterocycles. The summed E-state index contributed by atoms with van der Waals surface area (Å²) in [5.74, 6) is -2.21. The summed E-state index contributed by atoms with van der Waals surface area (Å²) >= 11 is 0. The van der Waals surface area contributed by atoms with Crippen LogP contribution in [0.1, 0.15) is 349 Å². The summed E-state index contributed by atoms with van der Waals surface area (Å²) in [5.41, 5.74) is 0. The Morgan fingerprint density at radius 3 is 0.833 bits per heavy atom. The molecule has 0 aromatic carbocycles. The lowest BCUT2D eigenvalue weighted by molar-refractivity contribution is -0.161. The van der Waals surface area contributed by atoms with Crippen LogP contribution in [0.5, 0.6) is 0 Å². The van der Waals surface area contributed by atoms with Crippen LogP contribution in [0.2, 0.25) is 0 Å². The van der Waals surface area contributed by atoms with Gasteiger partial charge in [-0.1, -0.05) is 320 Å². The van der Waals surface area contributed by atoms with E-state index in [1.807, 2.05) is 12.2 Å². The Hall–Kier alpha value is -3.24. The van der Waals surface area contributed by atoms with Gasteiger partial charge in [-0.15, -0.1) is 0 Å². The maximum atomic E-state index is 13.1. The van der Waals surface area contributed by atoms with Gasteiger partial charge < -0.3 is 33.8 Å². The summed E-state index contributed by atoms with van der Waals surface area (Å²) in [5, 5.41) is 10.6. The fourth-order valence-electron chi connectivity index (χ4n) is 10.7. The van der Waals surface area contributed by atoms with Crippen molar-refractivity contribution in [1.29, 1.82) is 0 Å². The maximum Gasteiger partial charge on any atom is 0.472 e. The Balaban J connectivity index is 5.33. The average molecular weight is 1400 g/mol. The number of carbonyl (C=O) groups excluding carboxylic acids is 4. The van der Waals surface area contributed by atoms with Gasteiger partial charge in [-0.2, -0.15) is 0 Å². The van der Waals surface area contributed by atoms with E-state index in [1.54, 1.807) is 0 Å². The van der Waals surface area contributed by atoms with E-state index in [4.69, 9.17) is 37.0 Å². The van der Waals surface area contributed by atoms with Crippen molar-refractivity contribution in [2.75, 3.05) is 39.6 Å². The van der Waals surface area contributed by atoms with E-state index < -0.39 is 97.5 Å². The molecule has 5 unspecified atom stereocenters. The smallest absolute Gasteiger partial charge is 0.462 e. The molecule has 0 aliphatic heterocycles. The van der Waals surface area contributed by atoms with Crippen LogP contribution in [0.15, 0.2) is 60.8 Å². The second-order valence-corrected chi connectivity index (χ2v) is 28.8. The van der Waals surface area contributed by atoms with E-state index >= 15 is 0 Å². The largest absolute Gasteiger partial charge is 0.472 e. The van der Waals surface area contributed by atoms with E-state index in [-0.39, 0.29) is 25.7 Å². The summed E-state index contributed by atoms with van der Waals surface area (Å²) in [6.07, 6.45) is 67.9. The number of aliphatic hydroxyl groups excluding tert-OH is 1. The van der Waals surface area contributed by atoms with Crippen molar-refractivity contribution in [3.63, 3.8) is 0 Å². The third-order valence-electron chi connectivity index (χ3n) is 16.5. The number of hydrogen-bond donors (Lipinski definition) is 3. The number of aliphatic hydroxyl groups is 1. The summed E-state index contributed by atoms with van der Waals surface area (Å²) < 4.78 is 68.4. The zero-order valence-electron chi connectivity index (χ0n) is 61.1. The van der Waals surface area contributed by atoms with Crippen LogP contribution in [0.3, 0.4) is 0 Å². The molecule has 17 nitrogen and oxygen atoms in total. The van der Waals surface area contributed by atoms with Crippen LogP contribution in [0.25, 0.3) is 0 Å². The van der Waals surface area contributed by atoms with Gasteiger partial charge >= 0.3 is 39.5 Å².